The summed E-state index contributed by atoms with van der Waals surface area (Å²) >= 11 is 3.79. The van der Waals surface area contributed by atoms with Crippen molar-refractivity contribution in [1.82, 2.24) is 5.32 Å². The molecule has 1 unspecified atom stereocenters. The van der Waals surface area contributed by atoms with E-state index < -0.39 is 0 Å². The van der Waals surface area contributed by atoms with Gasteiger partial charge in [0.15, 0.2) is 0 Å². The van der Waals surface area contributed by atoms with Crippen LogP contribution in [0.1, 0.15) is 22.8 Å². The van der Waals surface area contributed by atoms with Gasteiger partial charge in [0, 0.05) is 11.4 Å². The maximum Gasteiger partial charge on any atom is 0.252 e. The smallest absolute Gasteiger partial charge is 0.252 e. The highest BCUT2D eigenvalue weighted by Crippen LogP contribution is 2.20. The fourth-order valence-corrected chi connectivity index (χ4v) is 3.32. The minimum absolute atomic E-state index is 0.0217. The van der Waals surface area contributed by atoms with Crippen molar-refractivity contribution >= 4 is 39.8 Å². The number of hydrogen-bond acceptors (Lipinski definition) is 3. The molecule has 0 aliphatic rings. The fourth-order valence-electron chi connectivity index (χ4n) is 1.99. The van der Waals surface area contributed by atoms with Gasteiger partial charge >= 0.3 is 0 Å². The Morgan fingerprint density at radius 2 is 2.20 bits per heavy atom. The van der Waals surface area contributed by atoms with Crippen LogP contribution in [0.4, 0.5) is 0 Å². The minimum Gasteiger partial charge on any atom is -0.496 e. The third-order valence-electron chi connectivity index (χ3n) is 2.93. The average molecular weight is 401 g/mol. The number of amides is 1. The second-order valence-corrected chi connectivity index (χ2v) is 7.34. The first-order chi connectivity index (χ1) is 9.60. The van der Waals surface area contributed by atoms with Gasteiger partial charge < -0.3 is 10.1 Å². The van der Waals surface area contributed by atoms with E-state index in [0.29, 0.717) is 0 Å². The number of benzene rings is 1. The molecule has 2 rings (SSSR count). The molecule has 1 aromatic heterocycles. The first-order valence-corrected chi connectivity index (χ1v) is 8.22. The van der Waals surface area contributed by atoms with Crippen molar-refractivity contribution in [3.8, 4) is 5.75 Å². The lowest BCUT2D eigenvalue weighted by Crippen LogP contribution is -2.33. The number of ether oxygens (including phenoxy) is 1. The summed E-state index contributed by atoms with van der Waals surface area (Å²) in [5.41, 5.74) is 1.83. The third kappa shape index (κ3) is 3.96. The summed E-state index contributed by atoms with van der Waals surface area (Å²) in [6.07, 6.45) is 0.747. The van der Waals surface area contributed by atoms with E-state index >= 15 is 0 Å². The molecular weight excluding hydrogens is 385 g/mol. The maximum atomic E-state index is 12.1. The van der Waals surface area contributed by atoms with E-state index in [9.17, 15) is 4.79 Å². The van der Waals surface area contributed by atoms with Gasteiger partial charge in [-0.2, -0.15) is 0 Å². The molecule has 1 heterocycles. The highest BCUT2D eigenvalue weighted by atomic mass is 127. The summed E-state index contributed by atoms with van der Waals surface area (Å²) in [5.74, 6) is 0.838. The molecule has 2 aromatic rings. The first-order valence-electron chi connectivity index (χ1n) is 6.27. The van der Waals surface area contributed by atoms with E-state index in [0.717, 1.165) is 26.2 Å². The second-order valence-electron chi connectivity index (χ2n) is 4.53. The van der Waals surface area contributed by atoms with Gasteiger partial charge in [0.05, 0.1) is 15.6 Å². The molecule has 1 N–H and O–H groups in total. The maximum absolute atomic E-state index is 12.1. The zero-order valence-electron chi connectivity index (χ0n) is 11.4. The van der Waals surface area contributed by atoms with E-state index in [4.69, 9.17) is 4.74 Å². The average Bonchev–Trinajstić information content (AvgIpc) is 2.86. The van der Waals surface area contributed by atoms with Gasteiger partial charge in [-0.25, -0.2) is 0 Å². The zero-order chi connectivity index (χ0) is 14.5. The van der Waals surface area contributed by atoms with Crippen LogP contribution in [0.5, 0.6) is 5.75 Å². The molecule has 0 saturated heterocycles. The summed E-state index contributed by atoms with van der Waals surface area (Å²) in [5, 5.41) is 4.90. The summed E-state index contributed by atoms with van der Waals surface area (Å²) in [6.45, 7) is 2.00. The minimum atomic E-state index is -0.0217. The van der Waals surface area contributed by atoms with Crippen molar-refractivity contribution in [3.05, 3.63) is 49.7 Å². The molecule has 0 aliphatic heterocycles. The fraction of sp³-hybridized carbons (Fsp3) is 0.267. The molecule has 1 atom stereocenters. The zero-order valence-corrected chi connectivity index (χ0v) is 14.3. The second kappa shape index (κ2) is 7.08. The Kier molecular flexibility index (Phi) is 5.42. The third-order valence-corrected chi connectivity index (χ3v) is 4.71. The molecule has 106 valence electrons. The standard InChI is InChI=1S/C15H16INO2S/c1-10(7-11-5-3-4-6-13(11)19-2)17-15(18)12-8-14(16)20-9-12/h3-6,8-10H,7H2,1-2H3,(H,17,18). The molecule has 0 bridgehead atoms. The number of nitrogens with one attached hydrogen (secondary N) is 1. The Bertz CT molecular complexity index is 597. The lowest BCUT2D eigenvalue weighted by molar-refractivity contribution is 0.0940. The molecule has 0 radical (unpaired) electrons. The number of thiophene rings is 1. The molecule has 3 nitrogen and oxygen atoms in total. The summed E-state index contributed by atoms with van der Waals surface area (Å²) in [7, 11) is 1.66. The van der Waals surface area contributed by atoms with Gasteiger partial charge in [-0.3, -0.25) is 4.79 Å². The Morgan fingerprint density at radius 1 is 1.45 bits per heavy atom. The predicted molar refractivity (Wildman–Crippen MR) is 90.7 cm³/mol. The molecule has 5 heteroatoms. The van der Waals surface area contributed by atoms with E-state index in [1.807, 2.05) is 42.6 Å². The molecule has 1 amide bonds. The quantitative estimate of drug-likeness (QED) is 0.776. The van der Waals surface area contributed by atoms with Gasteiger partial charge in [-0.1, -0.05) is 18.2 Å². The largest absolute Gasteiger partial charge is 0.496 e. The molecule has 1 aromatic carbocycles. The van der Waals surface area contributed by atoms with E-state index in [1.54, 1.807) is 18.4 Å². The van der Waals surface area contributed by atoms with Gasteiger partial charge in [-0.05, 0) is 53.6 Å². The van der Waals surface area contributed by atoms with E-state index in [2.05, 4.69) is 27.9 Å². The van der Waals surface area contributed by atoms with Crippen LogP contribution >= 0.6 is 33.9 Å². The lowest BCUT2D eigenvalue weighted by atomic mass is 10.1. The van der Waals surface area contributed by atoms with Crippen LogP contribution in [-0.4, -0.2) is 19.1 Å². The van der Waals surface area contributed by atoms with Crippen molar-refractivity contribution < 1.29 is 9.53 Å². The van der Waals surface area contributed by atoms with Gasteiger partial charge in [0.25, 0.3) is 5.91 Å². The topological polar surface area (TPSA) is 38.3 Å². The summed E-state index contributed by atoms with van der Waals surface area (Å²) < 4.78 is 6.44. The first kappa shape index (κ1) is 15.3. The van der Waals surface area contributed by atoms with E-state index in [-0.39, 0.29) is 11.9 Å². The van der Waals surface area contributed by atoms with Gasteiger partial charge in [-0.15, -0.1) is 11.3 Å². The SMILES string of the molecule is COc1ccccc1CC(C)NC(=O)c1csc(I)c1. The van der Waals surface area contributed by atoms with Crippen LogP contribution in [0.25, 0.3) is 0 Å². The monoisotopic (exact) mass is 401 g/mol. The predicted octanol–water partition coefficient (Wildman–Crippen LogP) is 3.72. The van der Waals surface area contributed by atoms with Gasteiger partial charge in [0.2, 0.25) is 0 Å². The van der Waals surface area contributed by atoms with Gasteiger partial charge in [0.1, 0.15) is 5.75 Å². The lowest BCUT2D eigenvalue weighted by Gasteiger charge is -2.15. The highest BCUT2D eigenvalue weighted by molar-refractivity contribution is 14.1. The van der Waals surface area contributed by atoms with Crippen LogP contribution in [0.2, 0.25) is 0 Å². The van der Waals surface area contributed by atoms with Crippen LogP contribution in [-0.2, 0) is 6.42 Å². The van der Waals surface area contributed by atoms with Crippen molar-refractivity contribution in [2.75, 3.05) is 7.11 Å². The number of carbonyl (C=O) groups is 1. The summed E-state index contributed by atoms with van der Waals surface area (Å²) in [6, 6.07) is 9.83. The van der Waals surface area contributed by atoms with E-state index in [1.165, 1.54) is 0 Å². The van der Waals surface area contributed by atoms with Crippen molar-refractivity contribution in [2.24, 2.45) is 0 Å². The Balaban J connectivity index is 1.98. The van der Waals surface area contributed by atoms with Crippen LogP contribution in [0.15, 0.2) is 35.7 Å². The number of carbonyl (C=O) groups excluding carboxylic acids is 1. The van der Waals surface area contributed by atoms with Crippen molar-refractivity contribution in [3.63, 3.8) is 0 Å². The number of hydrogen-bond donors (Lipinski definition) is 1. The summed E-state index contributed by atoms with van der Waals surface area (Å²) in [4.78, 5) is 12.1. The number of methoxy groups -OCH3 is 1. The van der Waals surface area contributed by atoms with Crippen molar-refractivity contribution in [1.29, 1.82) is 0 Å². The molecule has 0 saturated carbocycles. The molecule has 0 fully saturated rings. The van der Waals surface area contributed by atoms with Crippen LogP contribution in [0.3, 0.4) is 0 Å². The normalized spacial score (nSPS) is 11.9. The molecule has 0 spiro atoms. The molecule has 0 aliphatic carbocycles. The molecular formula is C15H16INO2S. The Labute approximate surface area is 136 Å². The Morgan fingerprint density at radius 3 is 2.85 bits per heavy atom. The van der Waals surface area contributed by atoms with Crippen LogP contribution in [0, 0.1) is 2.88 Å². The van der Waals surface area contributed by atoms with Crippen molar-refractivity contribution in [2.45, 2.75) is 19.4 Å². The number of halogens is 1. The number of rotatable bonds is 5. The number of para-hydroxylation sites is 1. The highest BCUT2D eigenvalue weighted by Gasteiger charge is 2.13. The van der Waals surface area contributed by atoms with Crippen LogP contribution < -0.4 is 10.1 Å². The molecule has 20 heavy (non-hydrogen) atoms. The Hall–Kier alpha value is -1.08.